The van der Waals surface area contributed by atoms with Gasteiger partial charge >= 0.3 is 0 Å². The largest absolute Gasteiger partial charge is 0.479 e. The maximum absolute atomic E-state index is 13.7. The second-order valence-electron chi connectivity index (χ2n) is 7.33. The van der Waals surface area contributed by atoms with Gasteiger partial charge in [0.15, 0.2) is 6.10 Å². The molecule has 0 saturated carbocycles. The third-order valence-electron chi connectivity index (χ3n) is 5.42. The lowest BCUT2D eigenvalue weighted by atomic mass is 10.0. The number of rotatable bonds is 4. The number of piperazine rings is 1. The smallest absolute Gasteiger partial charge is 0.267 e. The number of carbonyl (C=O) groups excluding carboxylic acids is 2. The maximum atomic E-state index is 13.7. The van der Waals surface area contributed by atoms with Gasteiger partial charge in [0.25, 0.3) is 5.91 Å². The molecule has 2 aromatic rings. The van der Waals surface area contributed by atoms with Crippen LogP contribution in [0.3, 0.4) is 0 Å². The Bertz CT molecular complexity index is 926. The first kappa shape index (κ1) is 22.1. The van der Waals surface area contributed by atoms with Crippen LogP contribution in [0.15, 0.2) is 48.5 Å². The number of fused-ring (bicyclic) bond motifs is 1. The van der Waals surface area contributed by atoms with Gasteiger partial charge in [-0.1, -0.05) is 24.3 Å². The van der Waals surface area contributed by atoms with Gasteiger partial charge in [0.05, 0.1) is 11.7 Å². The number of nitrogens with one attached hydrogen (secondary N) is 1. The Kier molecular flexibility index (Phi) is 6.95. The number of amides is 2. The number of halogens is 2. The molecule has 2 atom stereocenters. The monoisotopic (exact) mass is 433 g/mol. The molecule has 2 unspecified atom stereocenters. The Labute approximate surface area is 181 Å². The molecule has 160 valence electrons. The topological polar surface area (TPSA) is 61.9 Å². The molecule has 2 aliphatic rings. The fraction of sp³-hybridized carbons (Fsp3) is 0.364. The summed E-state index contributed by atoms with van der Waals surface area (Å²) in [5, 5.41) is 3.27. The molecular weight excluding hydrogens is 409 g/mol. The molecule has 2 aromatic carbocycles. The highest BCUT2D eigenvalue weighted by Crippen LogP contribution is 2.34. The zero-order valence-corrected chi connectivity index (χ0v) is 17.5. The van der Waals surface area contributed by atoms with Gasteiger partial charge in [-0.15, -0.1) is 12.4 Å². The van der Waals surface area contributed by atoms with Gasteiger partial charge in [-0.2, -0.15) is 0 Å². The molecule has 1 N–H and O–H groups in total. The van der Waals surface area contributed by atoms with Gasteiger partial charge in [0.1, 0.15) is 11.6 Å². The first-order chi connectivity index (χ1) is 14.0. The first-order valence-corrected chi connectivity index (χ1v) is 9.87. The van der Waals surface area contributed by atoms with Crippen LogP contribution >= 0.6 is 12.4 Å². The van der Waals surface area contributed by atoms with Crippen LogP contribution in [0.25, 0.3) is 0 Å². The molecule has 1 saturated heterocycles. The van der Waals surface area contributed by atoms with Crippen LogP contribution in [0.2, 0.25) is 0 Å². The fourth-order valence-electron chi connectivity index (χ4n) is 3.96. The molecule has 6 nitrogen and oxygen atoms in total. The Morgan fingerprint density at radius 1 is 1.23 bits per heavy atom. The molecular formula is C22H25ClFN3O3. The van der Waals surface area contributed by atoms with Crippen LogP contribution in [-0.4, -0.2) is 49.0 Å². The van der Waals surface area contributed by atoms with E-state index in [0.717, 1.165) is 5.56 Å². The summed E-state index contributed by atoms with van der Waals surface area (Å²) in [6, 6.07) is 13.5. The molecule has 0 spiro atoms. The summed E-state index contributed by atoms with van der Waals surface area (Å²) in [6.07, 6.45) is -0.391. The minimum atomic E-state index is -0.584. The summed E-state index contributed by atoms with van der Waals surface area (Å²) in [4.78, 5) is 29.1. The summed E-state index contributed by atoms with van der Waals surface area (Å²) < 4.78 is 19.3. The molecule has 30 heavy (non-hydrogen) atoms. The zero-order chi connectivity index (χ0) is 20.4. The fourth-order valence-corrected chi connectivity index (χ4v) is 3.96. The molecule has 0 bridgehead atoms. The molecule has 2 amide bonds. The lowest BCUT2D eigenvalue weighted by Crippen LogP contribution is -2.50. The number of carbonyl (C=O) groups is 2. The van der Waals surface area contributed by atoms with Crippen molar-refractivity contribution in [3.05, 3.63) is 59.9 Å². The van der Waals surface area contributed by atoms with Crippen molar-refractivity contribution in [1.82, 2.24) is 10.2 Å². The third-order valence-corrected chi connectivity index (χ3v) is 5.42. The van der Waals surface area contributed by atoms with Crippen LogP contribution in [0, 0.1) is 5.82 Å². The number of ether oxygens (including phenoxy) is 1. The summed E-state index contributed by atoms with van der Waals surface area (Å²) >= 11 is 0. The van der Waals surface area contributed by atoms with Crippen molar-refractivity contribution >= 4 is 29.9 Å². The Morgan fingerprint density at radius 3 is 2.83 bits per heavy atom. The van der Waals surface area contributed by atoms with E-state index in [1.807, 2.05) is 30.3 Å². The molecule has 8 heteroatoms. The summed E-state index contributed by atoms with van der Waals surface area (Å²) in [7, 11) is 0. The number of nitrogens with zero attached hydrogens (tertiary/aromatic N) is 2. The van der Waals surface area contributed by atoms with Gasteiger partial charge in [-0.25, -0.2) is 4.39 Å². The van der Waals surface area contributed by atoms with E-state index >= 15 is 0 Å². The summed E-state index contributed by atoms with van der Waals surface area (Å²) in [5.74, 6) is 0.125. The normalized spacial score (nSPS) is 20.8. The molecule has 4 rings (SSSR count). The van der Waals surface area contributed by atoms with Crippen molar-refractivity contribution in [3.63, 3.8) is 0 Å². The Balaban J connectivity index is 0.00000256. The van der Waals surface area contributed by atoms with E-state index < -0.39 is 6.10 Å². The average molecular weight is 434 g/mol. The van der Waals surface area contributed by atoms with Crippen molar-refractivity contribution in [3.8, 4) is 5.75 Å². The second kappa shape index (κ2) is 9.45. The summed E-state index contributed by atoms with van der Waals surface area (Å²) in [5.41, 5.74) is 1.46. The van der Waals surface area contributed by atoms with Crippen molar-refractivity contribution < 1.29 is 18.7 Å². The van der Waals surface area contributed by atoms with Crippen LogP contribution in [-0.2, 0) is 9.59 Å². The zero-order valence-electron chi connectivity index (χ0n) is 16.7. The minimum absolute atomic E-state index is 0. The van der Waals surface area contributed by atoms with Gasteiger partial charge < -0.3 is 19.9 Å². The lowest BCUT2D eigenvalue weighted by molar-refractivity contribution is -0.134. The molecule has 0 radical (unpaired) electrons. The predicted octanol–water partition coefficient (Wildman–Crippen LogP) is 2.92. The van der Waals surface area contributed by atoms with E-state index in [1.54, 1.807) is 22.8 Å². The third kappa shape index (κ3) is 4.42. The first-order valence-electron chi connectivity index (χ1n) is 9.87. The van der Waals surface area contributed by atoms with Crippen LogP contribution in [0.1, 0.15) is 24.9 Å². The quantitative estimate of drug-likeness (QED) is 0.805. The van der Waals surface area contributed by atoms with Crippen molar-refractivity contribution in [2.24, 2.45) is 0 Å². The highest BCUT2D eigenvalue weighted by atomic mass is 35.5. The SMILES string of the molecule is CC1Oc2ccccc2N(CCC(=O)N2CCNCC2c2cccc(F)c2)C1=O.Cl. The number of anilines is 1. The van der Waals surface area contributed by atoms with Crippen molar-refractivity contribution in [2.75, 3.05) is 31.1 Å². The predicted molar refractivity (Wildman–Crippen MR) is 114 cm³/mol. The van der Waals surface area contributed by atoms with E-state index in [-0.39, 0.29) is 49.0 Å². The van der Waals surface area contributed by atoms with E-state index in [1.165, 1.54) is 12.1 Å². The molecule has 2 heterocycles. The van der Waals surface area contributed by atoms with Crippen LogP contribution in [0.4, 0.5) is 10.1 Å². The standard InChI is InChI=1S/C22H24FN3O3.ClH/c1-15-22(28)26(18-7-2-3-8-20(18)29-15)11-9-21(27)25-12-10-24-14-19(25)16-5-4-6-17(23)13-16;/h2-8,13,15,19,24H,9-12,14H2,1H3;1H. The van der Waals surface area contributed by atoms with E-state index in [2.05, 4.69) is 5.32 Å². The maximum Gasteiger partial charge on any atom is 0.267 e. The van der Waals surface area contributed by atoms with E-state index in [9.17, 15) is 14.0 Å². The summed E-state index contributed by atoms with van der Waals surface area (Å²) in [6.45, 7) is 3.80. The van der Waals surface area contributed by atoms with Gasteiger partial charge in [-0.05, 0) is 36.8 Å². The Hall–Kier alpha value is -2.64. The number of hydrogen-bond donors (Lipinski definition) is 1. The molecule has 2 aliphatic heterocycles. The van der Waals surface area contributed by atoms with E-state index in [0.29, 0.717) is 31.1 Å². The van der Waals surface area contributed by atoms with E-state index in [4.69, 9.17) is 4.74 Å². The van der Waals surface area contributed by atoms with Gasteiger partial charge in [-0.3, -0.25) is 9.59 Å². The number of benzene rings is 2. The van der Waals surface area contributed by atoms with Crippen molar-refractivity contribution in [2.45, 2.75) is 25.5 Å². The highest BCUT2D eigenvalue weighted by Gasteiger charge is 2.33. The number of para-hydroxylation sites is 2. The lowest BCUT2D eigenvalue weighted by Gasteiger charge is -2.38. The second-order valence-corrected chi connectivity index (χ2v) is 7.33. The van der Waals surface area contributed by atoms with Crippen LogP contribution in [0.5, 0.6) is 5.75 Å². The highest BCUT2D eigenvalue weighted by molar-refractivity contribution is 6.00. The number of hydrogen-bond acceptors (Lipinski definition) is 4. The van der Waals surface area contributed by atoms with Gasteiger partial charge in [0, 0.05) is 32.6 Å². The van der Waals surface area contributed by atoms with Gasteiger partial charge in [0.2, 0.25) is 5.91 Å². The molecule has 0 aliphatic carbocycles. The average Bonchev–Trinajstić information content (AvgIpc) is 2.74. The molecule has 1 fully saturated rings. The van der Waals surface area contributed by atoms with Crippen LogP contribution < -0.4 is 15.0 Å². The van der Waals surface area contributed by atoms with Crippen molar-refractivity contribution in [1.29, 1.82) is 0 Å². The Morgan fingerprint density at radius 2 is 2.03 bits per heavy atom. The minimum Gasteiger partial charge on any atom is -0.479 e. The molecule has 0 aromatic heterocycles.